The third kappa shape index (κ3) is 4.57. The highest BCUT2D eigenvalue weighted by molar-refractivity contribution is 9.12. The van der Waals surface area contributed by atoms with Crippen LogP contribution in [0.4, 0.5) is 0 Å². The molecule has 0 aromatic heterocycles. The lowest BCUT2D eigenvalue weighted by Gasteiger charge is -2.33. The molecule has 0 saturated heterocycles. The molecule has 0 heterocycles. The predicted molar refractivity (Wildman–Crippen MR) is 96.2 cm³/mol. The predicted octanol–water partition coefficient (Wildman–Crippen LogP) is 6.16. The molecule has 0 amide bonds. The number of nitrogens with zero attached hydrogens (tertiary/aromatic N) is 1. The van der Waals surface area contributed by atoms with Gasteiger partial charge >= 0.3 is 0 Å². The van der Waals surface area contributed by atoms with Crippen LogP contribution in [0.5, 0.6) is 0 Å². The van der Waals surface area contributed by atoms with E-state index in [1.54, 1.807) is 0 Å². The molecule has 1 aliphatic rings. The molecule has 2 atom stereocenters. The Labute approximate surface area is 145 Å². The Morgan fingerprint density at radius 2 is 1.76 bits per heavy atom. The maximum atomic E-state index is 8.87. The second-order valence-electron chi connectivity index (χ2n) is 6.09. The Morgan fingerprint density at radius 1 is 1.14 bits per heavy atom. The minimum absolute atomic E-state index is 0.596. The van der Waals surface area contributed by atoms with Crippen molar-refractivity contribution in [1.82, 2.24) is 0 Å². The summed E-state index contributed by atoms with van der Waals surface area (Å²) in [5.74, 6) is 1.46. The van der Waals surface area contributed by atoms with Crippen molar-refractivity contribution in [1.29, 1.82) is 5.26 Å². The summed E-state index contributed by atoms with van der Waals surface area (Å²) in [5, 5.41) is 8.87. The number of benzene rings is 1. The van der Waals surface area contributed by atoms with Gasteiger partial charge in [-0.15, -0.1) is 0 Å². The third-order valence-electron chi connectivity index (χ3n) is 4.64. The maximum absolute atomic E-state index is 8.87. The van der Waals surface area contributed by atoms with Crippen molar-refractivity contribution < 1.29 is 0 Å². The van der Waals surface area contributed by atoms with Crippen LogP contribution in [0, 0.1) is 17.2 Å². The van der Waals surface area contributed by atoms with Crippen molar-refractivity contribution >= 4 is 31.9 Å². The summed E-state index contributed by atoms with van der Waals surface area (Å²) in [5.41, 5.74) is 2.16. The molecular formula is C18H23Br2N. The van der Waals surface area contributed by atoms with Gasteiger partial charge in [0.05, 0.1) is 11.6 Å². The summed E-state index contributed by atoms with van der Waals surface area (Å²) in [6.07, 6.45) is 7.61. The van der Waals surface area contributed by atoms with Gasteiger partial charge in [0.25, 0.3) is 0 Å². The van der Waals surface area contributed by atoms with E-state index in [2.05, 4.69) is 57.0 Å². The van der Waals surface area contributed by atoms with E-state index in [0.717, 1.165) is 11.5 Å². The van der Waals surface area contributed by atoms with Gasteiger partial charge in [0.15, 0.2) is 0 Å². The monoisotopic (exact) mass is 411 g/mol. The second kappa shape index (κ2) is 8.34. The van der Waals surface area contributed by atoms with E-state index in [0.29, 0.717) is 15.6 Å². The standard InChI is InChI=1S/C18H23Br2N/c1-2-3-17(19)18(20)16-10-8-15(9-11-16)14-6-4-13(12-21)5-7-14/h4-7,15-18H,2-3,8-11H2,1H3/t15-,16-,17?,18?. The van der Waals surface area contributed by atoms with Crippen molar-refractivity contribution in [3.63, 3.8) is 0 Å². The fraction of sp³-hybridized carbons (Fsp3) is 0.611. The lowest BCUT2D eigenvalue weighted by Crippen LogP contribution is -2.27. The first-order valence-corrected chi connectivity index (χ1v) is 9.77. The topological polar surface area (TPSA) is 23.8 Å². The average molecular weight is 413 g/mol. The highest BCUT2D eigenvalue weighted by Gasteiger charge is 2.30. The van der Waals surface area contributed by atoms with Gasteiger partial charge < -0.3 is 0 Å². The first-order valence-electron chi connectivity index (χ1n) is 7.94. The molecule has 0 radical (unpaired) electrons. The van der Waals surface area contributed by atoms with E-state index in [1.807, 2.05) is 12.1 Å². The van der Waals surface area contributed by atoms with Gasteiger partial charge in [-0.25, -0.2) is 0 Å². The zero-order chi connectivity index (χ0) is 15.2. The van der Waals surface area contributed by atoms with Gasteiger partial charge in [-0.1, -0.05) is 57.3 Å². The number of halogens is 2. The molecule has 2 rings (SSSR count). The average Bonchev–Trinajstić information content (AvgIpc) is 2.54. The van der Waals surface area contributed by atoms with Gasteiger partial charge in [0.1, 0.15) is 0 Å². The molecule has 1 aromatic rings. The van der Waals surface area contributed by atoms with Crippen LogP contribution in [-0.4, -0.2) is 9.65 Å². The zero-order valence-electron chi connectivity index (χ0n) is 12.6. The first-order chi connectivity index (χ1) is 10.2. The van der Waals surface area contributed by atoms with E-state index in [4.69, 9.17) is 5.26 Å². The Hall–Kier alpha value is -0.330. The number of hydrogen-bond acceptors (Lipinski definition) is 1. The summed E-state index contributed by atoms with van der Waals surface area (Å²) < 4.78 is 0. The van der Waals surface area contributed by atoms with E-state index in [9.17, 15) is 0 Å². The molecule has 1 aliphatic carbocycles. The Bertz CT molecular complexity index is 469. The molecule has 3 heteroatoms. The minimum atomic E-state index is 0.596. The molecule has 1 aromatic carbocycles. The SMILES string of the molecule is CCCC(Br)C(Br)[C@H]1CC[C@H](c2ccc(C#N)cc2)CC1. The van der Waals surface area contributed by atoms with Crippen LogP contribution >= 0.6 is 31.9 Å². The van der Waals surface area contributed by atoms with Crippen molar-refractivity contribution in [2.45, 2.75) is 61.0 Å². The molecule has 114 valence electrons. The number of hydrogen-bond donors (Lipinski definition) is 0. The first kappa shape index (κ1) is 17.0. The van der Waals surface area contributed by atoms with Crippen LogP contribution in [0.1, 0.15) is 62.5 Å². The fourth-order valence-corrected chi connectivity index (χ4v) is 5.01. The smallest absolute Gasteiger partial charge is 0.0991 e. The van der Waals surface area contributed by atoms with Crippen molar-refractivity contribution in [3.8, 4) is 6.07 Å². The summed E-state index contributed by atoms with van der Waals surface area (Å²) in [4.78, 5) is 1.19. The van der Waals surface area contributed by atoms with Gasteiger partial charge in [0.2, 0.25) is 0 Å². The molecule has 0 spiro atoms. The molecule has 0 N–H and O–H groups in total. The highest BCUT2D eigenvalue weighted by atomic mass is 79.9. The molecule has 1 nitrogen and oxygen atoms in total. The zero-order valence-corrected chi connectivity index (χ0v) is 15.7. The Kier molecular flexibility index (Phi) is 6.76. The summed E-state index contributed by atoms with van der Waals surface area (Å²) in [6, 6.07) is 10.4. The van der Waals surface area contributed by atoms with Crippen molar-refractivity contribution in [2.75, 3.05) is 0 Å². The van der Waals surface area contributed by atoms with E-state index in [1.165, 1.54) is 44.1 Å². The van der Waals surface area contributed by atoms with Crippen LogP contribution in [0.25, 0.3) is 0 Å². The minimum Gasteiger partial charge on any atom is -0.192 e. The number of nitriles is 1. The van der Waals surface area contributed by atoms with Crippen LogP contribution in [-0.2, 0) is 0 Å². The Balaban J connectivity index is 1.89. The molecule has 1 fully saturated rings. The van der Waals surface area contributed by atoms with Crippen LogP contribution in [0.15, 0.2) is 24.3 Å². The third-order valence-corrected chi connectivity index (χ3v) is 7.77. The van der Waals surface area contributed by atoms with E-state index >= 15 is 0 Å². The summed E-state index contributed by atoms with van der Waals surface area (Å²) >= 11 is 7.76. The van der Waals surface area contributed by atoms with Crippen LogP contribution < -0.4 is 0 Å². The molecule has 2 unspecified atom stereocenters. The lowest BCUT2D eigenvalue weighted by molar-refractivity contribution is 0.316. The maximum Gasteiger partial charge on any atom is 0.0991 e. The molecule has 0 bridgehead atoms. The van der Waals surface area contributed by atoms with Crippen molar-refractivity contribution in [2.24, 2.45) is 5.92 Å². The fourth-order valence-electron chi connectivity index (χ4n) is 3.33. The van der Waals surface area contributed by atoms with Gasteiger partial charge in [-0.3, -0.25) is 0 Å². The molecule has 21 heavy (non-hydrogen) atoms. The summed E-state index contributed by atoms with van der Waals surface area (Å²) in [6.45, 7) is 2.25. The number of rotatable bonds is 5. The van der Waals surface area contributed by atoms with Gasteiger partial charge in [-0.05, 0) is 61.6 Å². The van der Waals surface area contributed by atoms with Crippen molar-refractivity contribution in [3.05, 3.63) is 35.4 Å². The molecule has 1 saturated carbocycles. The largest absolute Gasteiger partial charge is 0.192 e. The number of alkyl halides is 2. The van der Waals surface area contributed by atoms with Crippen LogP contribution in [0.3, 0.4) is 0 Å². The van der Waals surface area contributed by atoms with Crippen LogP contribution in [0.2, 0.25) is 0 Å². The van der Waals surface area contributed by atoms with Gasteiger partial charge in [0, 0.05) is 9.65 Å². The molecular weight excluding hydrogens is 390 g/mol. The van der Waals surface area contributed by atoms with E-state index < -0.39 is 0 Å². The Morgan fingerprint density at radius 3 is 2.29 bits per heavy atom. The molecule has 0 aliphatic heterocycles. The van der Waals surface area contributed by atoms with E-state index in [-0.39, 0.29) is 0 Å². The quantitative estimate of drug-likeness (QED) is 0.531. The normalized spacial score (nSPS) is 25.0. The lowest BCUT2D eigenvalue weighted by atomic mass is 9.77. The second-order valence-corrected chi connectivity index (χ2v) is 8.33. The highest BCUT2D eigenvalue weighted by Crippen LogP contribution is 2.41. The van der Waals surface area contributed by atoms with Gasteiger partial charge in [-0.2, -0.15) is 5.26 Å². The summed E-state index contributed by atoms with van der Waals surface area (Å²) in [7, 11) is 0.